The van der Waals surface area contributed by atoms with E-state index in [1.807, 2.05) is 58.0 Å². The number of alkyl carbamates (subject to hydrolysis) is 1. The maximum Gasteiger partial charge on any atom is 0.408 e. The lowest BCUT2D eigenvalue weighted by atomic mass is 9.89. The van der Waals surface area contributed by atoms with Crippen molar-refractivity contribution in [3.8, 4) is 0 Å². The molecule has 0 aromatic heterocycles. The number of carbonyl (C=O) groups is 4. The van der Waals surface area contributed by atoms with E-state index in [2.05, 4.69) is 5.32 Å². The Labute approximate surface area is 256 Å². The third-order valence-electron chi connectivity index (χ3n) is 8.65. The molecular formula is C32H51N3O8. The van der Waals surface area contributed by atoms with Crippen molar-refractivity contribution >= 4 is 23.9 Å². The number of aliphatic carboxylic acids is 1. The van der Waals surface area contributed by atoms with Crippen molar-refractivity contribution in [2.24, 2.45) is 17.8 Å². The lowest BCUT2D eigenvalue weighted by Gasteiger charge is -2.40. The largest absolute Gasteiger partial charge is 0.481 e. The van der Waals surface area contributed by atoms with E-state index in [-0.39, 0.29) is 42.7 Å². The van der Waals surface area contributed by atoms with Gasteiger partial charge in [-0.05, 0) is 37.2 Å². The molecule has 2 N–H and O–H groups in total. The Morgan fingerprint density at radius 3 is 2.26 bits per heavy atom. The maximum absolute atomic E-state index is 13.9. The van der Waals surface area contributed by atoms with Crippen molar-refractivity contribution in [1.29, 1.82) is 0 Å². The summed E-state index contributed by atoms with van der Waals surface area (Å²) >= 11 is 0. The summed E-state index contributed by atoms with van der Waals surface area (Å²) in [5.41, 5.74) is 0.834. The van der Waals surface area contributed by atoms with Gasteiger partial charge >= 0.3 is 12.1 Å². The fourth-order valence-electron chi connectivity index (χ4n) is 5.92. The Hall–Kier alpha value is -3.18. The minimum absolute atomic E-state index is 0.0103. The number of nitrogens with one attached hydrogen (secondary N) is 1. The highest BCUT2D eigenvalue weighted by Gasteiger charge is 2.42. The lowest BCUT2D eigenvalue weighted by Crippen LogP contribution is -2.57. The van der Waals surface area contributed by atoms with E-state index in [1.54, 1.807) is 23.8 Å². The summed E-state index contributed by atoms with van der Waals surface area (Å²) in [6, 6.07) is 7.61. The minimum atomic E-state index is -0.977. The first-order chi connectivity index (χ1) is 20.4. The molecule has 0 spiro atoms. The van der Waals surface area contributed by atoms with Crippen molar-refractivity contribution in [2.75, 3.05) is 27.8 Å². The molecule has 1 aliphatic heterocycles. The average molecular weight is 606 g/mol. The maximum atomic E-state index is 13.9. The van der Waals surface area contributed by atoms with E-state index in [9.17, 15) is 24.3 Å². The highest BCUT2D eigenvalue weighted by atomic mass is 16.5. The number of rotatable bonds is 16. The zero-order valence-electron chi connectivity index (χ0n) is 26.9. The van der Waals surface area contributed by atoms with Crippen LogP contribution in [0.2, 0.25) is 0 Å². The van der Waals surface area contributed by atoms with Crippen LogP contribution in [0.25, 0.3) is 0 Å². The molecule has 1 aromatic carbocycles. The molecule has 7 atom stereocenters. The van der Waals surface area contributed by atoms with E-state index in [0.29, 0.717) is 13.0 Å². The third kappa shape index (κ3) is 9.66. The number of hydrogen-bond donors (Lipinski definition) is 2. The number of amides is 3. The zero-order valence-corrected chi connectivity index (χ0v) is 26.9. The zero-order chi connectivity index (χ0) is 32.3. The van der Waals surface area contributed by atoms with Gasteiger partial charge in [0.15, 0.2) is 0 Å². The van der Waals surface area contributed by atoms with E-state index >= 15 is 0 Å². The summed E-state index contributed by atoms with van der Waals surface area (Å²) in [4.78, 5) is 55.2. The molecule has 1 fully saturated rings. The fraction of sp³-hybridized carbons (Fsp3) is 0.688. The van der Waals surface area contributed by atoms with Crippen molar-refractivity contribution < 1.29 is 38.5 Å². The van der Waals surface area contributed by atoms with Crippen LogP contribution in [0.3, 0.4) is 0 Å². The van der Waals surface area contributed by atoms with Crippen LogP contribution in [-0.4, -0.2) is 96.9 Å². The van der Waals surface area contributed by atoms with Gasteiger partial charge in [-0.15, -0.1) is 0 Å². The van der Waals surface area contributed by atoms with Gasteiger partial charge in [-0.2, -0.15) is 0 Å². The van der Waals surface area contributed by atoms with Gasteiger partial charge in [-0.3, -0.25) is 14.4 Å². The summed E-state index contributed by atoms with van der Waals surface area (Å²) in [5.74, 6) is -2.50. The highest BCUT2D eigenvalue weighted by Crippen LogP contribution is 2.29. The molecule has 0 saturated carbocycles. The molecule has 0 aliphatic carbocycles. The standard InChI is InChI=1S/C32H51N3O8/c1-9-21(4)28(25(41-7)18-26(36)35-17-13-16-24(35)29(42-8)22(5)31(38)39)34(6)30(37)27(20(2)3)33-32(40)43-19-23-14-11-10-12-15-23/h10-12,14-15,20-22,24-25,27-29H,9,13,16-19H2,1-8H3,(H,33,40)(H,38,39)/t21-,22+,24-,25+,27-,28-,29+/m0/s1. The smallest absolute Gasteiger partial charge is 0.408 e. The number of benzene rings is 1. The summed E-state index contributed by atoms with van der Waals surface area (Å²) < 4.78 is 16.8. The summed E-state index contributed by atoms with van der Waals surface area (Å²) in [5, 5.41) is 12.3. The van der Waals surface area contributed by atoms with Crippen LogP contribution in [-0.2, 0) is 35.2 Å². The van der Waals surface area contributed by atoms with Crippen molar-refractivity contribution in [3.63, 3.8) is 0 Å². The van der Waals surface area contributed by atoms with Gasteiger partial charge in [0.25, 0.3) is 0 Å². The van der Waals surface area contributed by atoms with E-state index in [4.69, 9.17) is 14.2 Å². The highest BCUT2D eigenvalue weighted by molar-refractivity contribution is 5.86. The van der Waals surface area contributed by atoms with Crippen LogP contribution in [0.5, 0.6) is 0 Å². The number of hydrogen-bond acceptors (Lipinski definition) is 7. The predicted octanol–water partition coefficient (Wildman–Crippen LogP) is 3.94. The molecule has 3 amide bonds. The van der Waals surface area contributed by atoms with Crippen LogP contribution in [0.4, 0.5) is 4.79 Å². The second-order valence-electron chi connectivity index (χ2n) is 11.9. The van der Waals surface area contributed by atoms with Gasteiger partial charge in [-0.25, -0.2) is 4.79 Å². The van der Waals surface area contributed by atoms with Crippen molar-refractivity contribution in [1.82, 2.24) is 15.1 Å². The number of carbonyl (C=O) groups excluding carboxylic acids is 3. The fourth-order valence-corrected chi connectivity index (χ4v) is 5.92. The van der Waals surface area contributed by atoms with Gasteiger partial charge in [0, 0.05) is 27.8 Å². The van der Waals surface area contributed by atoms with E-state index < -0.39 is 42.3 Å². The van der Waals surface area contributed by atoms with Gasteiger partial charge in [0.05, 0.1) is 36.6 Å². The molecule has 0 radical (unpaired) electrons. The molecule has 0 bridgehead atoms. The quantitative estimate of drug-likeness (QED) is 0.289. The molecule has 242 valence electrons. The Morgan fingerprint density at radius 1 is 1.07 bits per heavy atom. The normalized spacial score (nSPS) is 19.2. The van der Waals surface area contributed by atoms with Crippen LogP contribution in [0, 0.1) is 17.8 Å². The first-order valence-electron chi connectivity index (χ1n) is 15.2. The lowest BCUT2D eigenvalue weighted by molar-refractivity contribution is -0.152. The minimum Gasteiger partial charge on any atom is -0.481 e. The second-order valence-corrected chi connectivity index (χ2v) is 11.9. The van der Waals surface area contributed by atoms with Gasteiger partial charge in [0.2, 0.25) is 11.8 Å². The Bertz CT molecular complexity index is 1050. The Balaban J connectivity index is 2.20. The van der Waals surface area contributed by atoms with Gasteiger partial charge < -0.3 is 34.4 Å². The van der Waals surface area contributed by atoms with Gasteiger partial charge in [-0.1, -0.05) is 64.4 Å². The Kier molecular flexibility index (Phi) is 14.4. The topological polar surface area (TPSA) is 135 Å². The Morgan fingerprint density at radius 2 is 1.72 bits per heavy atom. The SMILES string of the molecule is CC[C@H](C)[C@@H]([C@@H](CC(=O)N1CCC[C@H]1[C@H](OC)[C@@H](C)C(=O)O)OC)N(C)C(=O)[C@@H](NC(=O)OCc1ccccc1)C(C)C. The van der Waals surface area contributed by atoms with Crippen LogP contribution in [0.15, 0.2) is 30.3 Å². The molecule has 1 aliphatic rings. The first kappa shape index (κ1) is 36.0. The molecule has 2 rings (SSSR count). The molecule has 1 saturated heterocycles. The first-order valence-corrected chi connectivity index (χ1v) is 15.2. The number of nitrogens with zero attached hydrogens (tertiary/aromatic N) is 2. The summed E-state index contributed by atoms with van der Waals surface area (Å²) in [6.07, 6.45) is 0.170. The monoisotopic (exact) mass is 605 g/mol. The molecule has 0 unspecified atom stereocenters. The van der Waals surface area contributed by atoms with Crippen LogP contribution in [0.1, 0.15) is 65.9 Å². The van der Waals surface area contributed by atoms with Crippen molar-refractivity contribution in [2.45, 2.75) is 97.2 Å². The van der Waals surface area contributed by atoms with Crippen molar-refractivity contribution in [3.05, 3.63) is 35.9 Å². The summed E-state index contributed by atoms with van der Waals surface area (Å²) in [7, 11) is 4.67. The number of methoxy groups -OCH3 is 2. The van der Waals surface area contributed by atoms with Crippen LogP contribution >= 0.6 is 0 Å². The number of likely N-dealkylation sites (tertiary alicyclic amines) is 1. The third-order valence-corrected chi connectivity index (χ3v) is 8.65. The number of carboxylic acid groups (broad SMARTS) is 1. The molecule has 11 nitrogen and oxygen atoms in total. The van der Waals surface area contributed by atoms with E-state index in [1.165, 1.54) is 14.2 Å². The molecule has 1 heterocycles. The van der Waals surface area contributed by atoms with Gasteiger partial charge in [0.1, 0.15) is 12.6 Å². The number of likely N-dealkylation sites (N-methyl/N-ethyl adjacent to an activating group) is 1. The van der Waals surface area contributed by atoms with Crippen LogP contribution < -0.4 is 5.32 Å². The molecule has 1 aromatic rings. The molecule has 11 heteroatoms. The predicted molar refractivity (Wildman–Crippen MR) is 162 cm³/mol. The number of carboxylic acids is 1. The molecule has 43 heavy (non-hydrogen) atoms. The average Bonchev–Trinajstić information content (AvgIpc) is 3.48. The number of ether oxygens (including phenoxy) is 3. The molecular weight excluding hydrogens is 554 g/mol. The second kappa shape index (κ2) is 17.2. The summed E-state index contributed by atoms with van der Waals surface area (Å²) in [6.45, 7) is 9.88. The van der Waals surface area contributed by atoms with E-state index in [0.717, 1.165) is 18.4 Å².